The summed E-state index contributed by atoms with van der Waals surface area (Å²) in [4.78, 5) is 21.4. The number of ether oxygens (including phenoxy) is 1. The van der Waals surface area contributed by atoms with Crippen LogP contribution in [-0.4, -0.2) is 49.9 Å². The number of carboxylic acids is 1. The average Bonchev–Trinajstić information content (AvgIpc) is 2.22. The van der Waals surface area contributed by atoms with Gasteiger partial charge in [0, 0.05) is 6.42 Å². The minimum absolute atomic E-state index is 0.0326. The molecule has 8 nitrogen and oxygen atoms in total. The summed E-state index contributed by atoms with van der Waals surface area (Å²) in [6.07, 6.45) is -0.503. The Hall–Kier alpha value is -1.19. The third-order valence-electron chi connectivity index (χ3n) is 2.10. The van der Waals surface area contributed by atoms with Crippen molar-refractivity contribution in [3.05, 3.63) is 0 Å². The second-order valence-electron chi connectivity index (χ2n) is 4.25. The van der Waals surface area contributed by atoms with Gasteiger partial charge >= 0.3 is 5.97 Å². The standard InChI is InChI=1S/C10H20N2O6S/c1-7(2)18-5-6-19(16,17)12-8(10(14)15)3-4-9(11)13/h7-8,12H,3-6H2,1-2H3,(H2,11,13)(H,14,15)/t8-/m1/s1. The van der Waals surface area contributed by atoms with E-state index in [-0.39, 0.29) is 31.3 Å². The molecule has 0 fully saturated rings. The van der Waals surface area contributed by atoms with Crippen LogP contribution in [-0.2, 0) is 24.3 Å². The fraction of sp³-hybridized carbons (Fsp3) is 0.800. The zero-order chi connectivity index (χ0) is 15.1. The van der Waals surface area contributed by atoms with Gasteiger partial charge in [-0.2, -0.15) is 0 Å². The fourth-order valence-corrected chi connectivity index (χ4v) is 2.27. The molecular weight excluding hydrogens is 276 g/mol. The molecule has 0 unspecified atom stereocenters. The highest BCUT2D eigenvalue weighted by molar-refractivity contribution is 7.89. The number of rotatable bonds is 10. The highest BCUT2D eigenvalue weighted by Gasteiger charge is 2.24. The first kappa shape index (κ1) is 17.8. The van der Waals surface area contributed by atoms with E-state index in [1.165, 1.54) is 0 Å². The minimum Gasteiger partial charge on any atom is -0.480 e. The highest BCUT2D eigenvalue weighted by atomic mass is 32.2. The van der Waals surface area contributed by atoms with E-state index in [0.29, 0.717) is 0 Å². The van der Waals surface area contributed by atoms with Crippen molar-refractivity contribution in [3.63, 3.8) is 0 Å². The van der Waals surface area contributed by atoms with E-state index in [4.69, 9.17) is 15.6 Å². The molecule has 0 rings (SSSR count). The molecule has 0 aliphatic heterocycles. The monoisotopic (exact) mass is 296 g/mol. The Labute approximate surface area is 112 Å². The van der Waals surface area contributed by atoms with Gasteiger partial charge in [0.05, 0.1) is 18.5 Å². The molecule has 0 saturated heterocycles. The van der Waals surface area contributed by atoms with Crippen molar-refractivity contribution >= 4 is 21.9 Å². The molecule has 0 bridgehead atoms. The van der Waals surface area contributed by atoms with Gasteiger partial charge in [0.1, 0.15) is 6.04 Å². The van der Waals surface area contributed by atoms with E-state index in [1.54, 1.807) is 13.8 Å². The summed E-state index contributed by atoms with van der Waals surface area (Å²) in [5.74, 6) is -2.38. The van der Waals surface area contributed by atoms with Gasteiger partial charge in [-0.25, -0.2) is 13.1 Å². The largest absolute Gasteiger partial charge is 0.480 e. The summed E-state index contributed by atoms with van der Waals surface area (Å²) in [6, 6.07) is -1.36. The van der Waals surface area contributed by atoms with Crippen LogP contribution in [0, 0.1) is 0 Å². The van der Waals surface area contributed by atoms with Crippen LogP contribution in [0.3, 0.4) is 0 Å². The van der Waals surface area contributed by atoms with Crippen LogP contribution in [0.15, 0.2) is 0 Å². The molecule has 112 valence electrons. The zero-order valence-corrected chi connectivity index (χ0v) is 11.8. The number of hydrogen-bond donors (Lipinski definition) is 3. The third-order valence-corrected chi connectivity index (χ3v) is 3.45. The summed E-state index contributed by atoms with van der Waals surface area (Å²) in [5.41, 5.74) is 4.89. The topological polar surface area (TPSA) is 136 Å². The summed E-state index contributed by atoms with van der Waals surface area (Å²) >= 11 is 0. The van der Waals surface area contributed by atoms with Crippen molar-refractivity contribution in [1.29, 1.82) is 0 Å². The number of nitrogens with two attached hydrogens (primary N) is 1. The molecule has 0 saturated carbocycles. The molecule has 0 radical (unpaired) electrons. The van der Waals surface area contributed by atoms with Crippen molar-refractivity contribution in [2.45, 2.75) is 38.8 Å². The molecule has 0 aliphatic carbocycles. The predicted octanol–water partition coefficient (Wildman–Crippen LogP) is -0.950. The van der Waals surface area contributed by atoms with E-state index in [0.717, 1.165) is 0 Å². The lowest BCUT2D eigenvalue weighted by atomic mass is 10.2. The molecule has 0 aromatic heterocycles. The average molecular weight is 296 g/mol. The van der Waals surface area contributed by atoms with Gasteiger partial charge < -0.3 is 15.6 Å². The van der Waals surface area contributed by atoms with E-state index in [2.05, 4.69) is 0 Å². The number of carboxylic acid groups (broad SMARTS) is 1. The first-order valence-electron chi connectivity index (χ1n) is 5.76. The number of aliphatic carboxylic acids is 1. The number of nitrogens with one attached hydrogen (secondary N) is 1. The van der Waals surface area contributed by atoms with Gasteiger partial charge in [-0.15, -0.1) is 0 Å². The Morgan fingerprint density at radius 1 is 1.37 bits per heavy atom. The van der Waals surface area contributed by atoms with Gasteiger partial charge in [0.15, 0.2) is 0 Å². The zero-order valence-electron chi connectivity index (χ0n) is 11.0. The van der Waals surface area contributed by atoms with Gasteiger partial charge in [0.2, 0.25) is 15.9 Å². The molecule has 1 amide bonds. The van der Waals surface area contributed by atoms with Crippen LogP contribution in [0.1, 0.15) is 26.7 Å². The summed E-state index contributed by atoms with van der Waals surface area (Å²) < 4.78 is 30.3. The molecule has 0 aromatic rings. The van der Waals surface area contributed by atoms with Crippen molar-refractivity contribution < 1.29 is 27.9 Å². The van der Waals surface area contributed by atoms with E-state index >= 15 is 0 Å². The number of carbonyl (C=O) groups excluding carboxylic acids is 1. The molecule has 0 heterocycles. The molecule has 0 aliphatic rings. The van der Waals surface area contributed by atoms with Crippen molar-refractivity contribution in [2.24, 2.45) is 5.73 Å². The molecule has 0 aromatic carbocycles. The maximum Gasteiger partial charge on any atom is 0.321 e. The second-order valence-corrected chi connectivity index (χ2v) is 6.13. The van der Waals surface area contributed by atoms with Crippen LogP contribution in [0.4, 0.5) is 0 Å². The Kier molecular flexibility index (Phi) is 7.57. The van der Waals surface area contributed by atoms with E-state index in [1.807, 2.05) is 4.72 Å². The van der Waals surface area contributed by atoms with Gasteiger partial charge in [-0.1, -0.05) is 0 Å². The quantitative estimate of drug-likeness (QED) is 0.475. The lowest BCUT2D eigenvalue weighted by molar-refractivity contribution is -0.139. The molecule has 1 atom stereocenters. The third kappa shape index (κ3) is 9.40. The molecular formula is C10H20N2O6S. The van der Waals surface area contributed by atoms with Gasteiger partial charge in [-0.3, -0.25) is 9.59 Å². The maximum atomic E-state index is 11.6. The van der Waals surface area contributed by atoms with Crippen LogP contribution in [0.5, 0.6) is 0 Å². The molecule has 9 heteroatoms. The van der Waals surface area contributed by atoms with Crippen molar-refractivity contribution in [3.8, 4) is 0 Å². The van der Waals surface area contributed by atoms with Gasteiger partial charge in [0.25, 0.3) is 0 Å². The summed E-state index contributed by atoms with van der Waals surface area (Å²) in [5, 5.41) is 8.85. The Bertz CT molecular complexity index is 406. The number of hydrogen-bond acceptors (Lipinski definition) is 5. The second kappa shape index (κ2) is 8.08. The SMILES string of the molecule is CC(C)OCCS(=O)(=O)N[C@H](CCC(N)=O)C(=O)O. The van der Waals surface area contributed by atoms with E-state index < -0.39 is 27.9 Å². The van der Waals surface area contributed by atoms with Gasteiger partial charge in [-0.05, 0) is 20.3 Å². The molecule has 19 heavy (non-hydrogen) atoms. The minimum atomic E-state index is -3.78. The van der Waals surface area contributed by atoms with Crippen LogP contribution in [0.2, 0.25) is 0 Å². The van der Waals surface area contributed by atoms with Crippen LogP contribution < -0.4 is 10.5 Å². The number of amides is 1. The number of primary amides is 1. The number of carbonyl (C=O) groups is 2. The summed E-state index contributed by atoms with van der Waals surface area (Å²) in [6.45, 7) is 3.48. The lowest BCUT2D eigenvalue weighted by Crippen LogP contribution is -2.43. The first-order chi connectivity index (χ1) is 8.64. The van der Waals surface area contributed by atoms with Crippen molar-refractivity contribution in [2.75, 3.05) is 12.4 Å². The molecule has 0 spiro atoms. The van der Waals surface area contributed by atoms with E-state index in [9.17, 15) is 18.0 Å². The summed E-state index contributed by atoms with van der Waals surface area (Å²) in [7, 11) is -3.78. The normalized spacial score (nSPS) is 13.4. The highest BCUT2D eigenvalue weighted by Crippen LogP contribution is 2.01. The Balaban J connectivity index is 4.39. The maximum absolute atomic E-state index is 11.6. The molecule has 4 N–H and O–H groups in total. The fourth-order valence-electron chi connectivity index (χ4n) is 1.19. The smallest absolute Gasteiger partial charge is 0.321 e. The Morgan fingerprint density at radius 2 is 1.95 bits per heavy atom. The van der Waals surface area contributed by atoms with Crippen LogP contribution >= 0.6 is 0 Å². The predicted molar refractivity (Wildman–Crippen MR) is 67.9 cm³/mol. The first-order valence-corrected chi connectivity index (χ1v) is 7.42. The van der Waals surface area contributed by atoms with Crippen molar-refractivity contribution in [1.82, 2.24) is 4.72 Å². The Morgan fingerprint density at radius 3 is 2.37 bits per heavy atom. The number of sulfonamides is 1. The lowest BCUT2D eigenvalue weighted by Gasteiger charge is -2.14. The van der Waals surface area contributed by atoms with Crippen LogP contribution in [0.25, 0.3) is 0 Å².